The molecule has 8 atom stereocenters. The van der Waals surface area contributed by atoms with E-state index >= 15 is 0 Å². The van der Waals surface area contributed by atoms with Crippen molar-refractivity contribution in [1.29, 1.82) is 0 Å². The Labute approximate surface area is 198 Å². The summed E-state index contributed by atoms with van der Waals surface area (Å²) in [6, 6.07) is 0. The highest BCUT2D eigenvalue weighted by Crippen LogP contribution is 2.82. The van der Waals surface area contributed by atoms with Crippen molar-refractivity contribution in [3.8, 4) is 0 Å². The summed E-state index contributed by atoms with van der Waals surface area (Å²) in [5.41, 5.74) is -0.193. The van der Waals surface area contributed by atoms with E-state index in [1.807, 2.05) is 0 Å². The van der Waals surface area contributed by atoms with Crippen molar-refractivity contribution in [3.63, 3.8) is 0 Å². The van der Waals surface area contributed by atoms with Crippen molar-refractivity contribution < 1.29 is 4.79 Å². The second-order valence-electron chi connectivity index (χ2n) is 10.7. The van der Waals surface area contributed by atoms with E-state index in [2.05, 4.69) is 29.8 Å². The van der Waals surface area contributed by atoms with Crippen LogP contribution in [-0.4, -0.2) is 41.0 Å². The molecule has 0 N–H and O–H groups in total. The van der Waals surface area contributed by atoms with Gasteiger partial charge < -0.3 is 0 Å². The smallest absolute Gasteiger partial charge is 0.147 e. The number of ketones is 1. The van der Waals surface area contributed by atoms with Gasteiger partial charge in [0.2, 0.25) is 0 Å². The van der Waals surface area contributed by atoms with Crippen LogP contribution in [0.1, 0.15) is 71.6 Å². The Balaban J connectivity index is 1.82. The second-order valence-corrected chi connectivity index (χ2v) is 13.5. The molecule has 4 aliphatic rings. The maximum Gasteiger partial charge on any atom is 0.147 e. The first-order chi connectivity index (χ1) is 12.8. The van der Waals surface area contributed by atoms with Crippen LogP contribution in [0, 0.1) is 17.3 Å². The van der Waals surface area contributed by atoms with Gasteiger partial charge in [-0.25, -0.2) is 0 Å². The van der Waals surface area contributed by atoms with Crippen molar-refractivity contribution >= 4 is 75.3 Å². The van der Waals surface area contributed by atoms with Crippen LogP contribution in [0.3, 0.4) is 0 Å². The fourth-order valence-corrected chi connectivity index (χ4v) is 10.6. The van der Waals surface area contributed by atoms with Crippen LogP contribution in [0.4, 0.5) is 0 Å². The summed E-state index contributed by atoms with van der Waals surface area (Å²) < 4.78 is -1.34. The van der Waals surface area contributed by atoms with Crippen LogP contribution in [-0.2, 0) is 4.79 Å². The maximum absolute atomic E-state index is 12.8. The second kappa shape index (κ2) is 6.67. The van der Waals surface area contributed by atoms with Gasteiger partial charge in [0.25, 0.3) is 0 Å². The van der Waals surface area contributed by atoms with Gasteiger partial charge in [-0.2, -0.15) is 37.9 Å². The van der Waals surface area contributed by atoms with E-state index < -0.39 is 20.1 Å². The number of carbonyl (C=O) groups excluding carboxylic acids is 1. The maximum atomic E-state index is 12.8. The van der Waals surface area contributed by atoms with Gasteiger partial charge >= 0.3 is 0 Å². The Morgan fingerprint density at radius 2 is 1.61 bits per heavy atom. The third-order valence-corrected chi connectivity index (χ3v) is 13.7. The van der Waals surface area contributed by atoms with Gasteiger partial charge in [-0.3, -0.25) is 4.79 Å². The van der Waals surface area contributed by atoms with E-state index in [1.165, 1.54) is 0 Å². The number of hydrogen-bond acceptors (Lipinski definition) is 4. The molecule has 0 aromatic rings. The van der Waals surface area contributed by atoms with Crippen LogP contribution in [0.15, 0.2) is 0 Å². The monoisotopic (exact) mass is 496 g/mol. The topological polar surface area (TPSA) is 17.1 Å². The van der Waals surface area contributed by atoms with E-state index in [1.54, 1.807) is 0 Å². The van der Waals surface area contributed by atoms with E-state index in [0.29, 0.717) is 17.0 Å². The number of Topliss-reactive ketones (excluding diaryl/α,β-unsaturated/α-hetero) is 1. The Morgan fingerprint density at radius 3 is 2.25 bits per heavy atom. The highest BCUT2D eigenvalue weighted by molar-refractivity contribution is 9.09. The molecule has 0 saturated heterocycles. The molecule has 6 unspecified atom stereocenters. The predicted molar refractivity (Wildman–Crippen MR) is 133 cm³/mol. The minimum atomic E-state index is -0.565. The summed E-state index contributed by atoms with van der Waals surface area (Å²) in [6.45, 7) is 4.55. The molecular weight excluding hydrogens is 466 g/mol. The van der Waals surface area contributed by atoms with Crippen LogP contribution < -0.4 is 0 Å². The van der Waals surface area contributed by atoms with Crippen LogP contribution in [0.25, 0.3) is 0 Å². The summed E-state index contributed by atoms with van der Waals surface area (Å²) in [6.07, 6.45) is 8.14. The number of rotatable bonds is 2. The lowest BCUT2D eigenvalue weighted by molar-refractivity contribution is -0.124. The molecular formula is C21H31B2BrOS3. The SMILES string of the molecule is [B]C12CCC3(S)[C@]4(S)CCC(C(=O)CBr)C4(C)CC[C@]3(S)C1([B])CCC(C)C2. The van der Waals surface area contributed by atoms with Gasteiger partial charge in [0.1, 0.15) is 5.78 Å². The molecule has 152 valence electrons. The number of hydrogen-bond donors (Lipinski definition) is 3. The van der Waals surface area contributed by atoms with E-state index in [0.717, 1.165) is 57.8 Å². The normalized spacial score (nSPS) is 58.5. The molecule has 1 nitrogen and oxygen atoms in total. The van der Waals surface area contributed by atoms with Crippen molar-refractivity contribution in [1.82, 2.24) is 0 Å². The molecule has 7 heteroatoms. The first kappa shape index (κ1) is 22.5. The number of halogens is 1. The minimum absolute atomic E-state index is 0.0240. The molecule has 0 heterocycles. The Hall–Kier alpha value is 1.33. The molecule has 0 spiro atoms. The summed E-state index contributed by atoms with van der Waals surface area (Å²) in [7, 11) is 14.3. The van der Waals surface area contributed by atoms with Gasteiger partial charge in [-0.1, -0.05) is 66.1 Å². The summed E-state index contributed by atoms with van der Waals surface area (Å²) in [5.74, 6) is 0.910. The van der Waals surface area contributed by atoms with Gasteiger partial charge in [0.05, 0.1) is 21.0 Å². The van der Waals surface area contributed by atoms with Gasteiger partial charge in [0.15, 0.2) is 0 Å². The molecule has 28 heavy (non-hydrogen) atoms. The van der Waals surface area contributed by atoms with Crippen molar-refractivity contribution in [3.05, 3.63) is 0 Å². The zero-order valence-electron chi connectivity index (χ0n) is 17.0. The summed E-state index contributed by atoms with van der Waals surface area (Å²) in [4.78, 5) is 12.8. The molecule has 4 radical (unpaired) electrons. The Kier molecular flexibility index (Phi) is 5.36. The zero-order chi connectivity index (χ0) is 20.8. The largest absolute Gasteiger partial charge is 0.298 e. The number of alkyl halides is 1. The predicted octanol–water partition coefficient (Wildman–Crippen LogP) is 5.43. The average molecular weight is 497 g/mol. The minimum Gasteiger partial charge on any atom is -0.298 e. The lowest BCUT2D eigenvalue weighted by Crippen LogP contribution is -2.75. The molecule has 0 aliphatic heterocycles. The first-order valence-electron chi connectivity index (χ1n) is 10.7. The highest BCUT2D eigenvalue weighted by Gasteiger charge is 2.78. The average Bonchev–Trinajstić information content (AvgIpc) is 2.92. The fraction of sp³-hybridized carbons (Fsp3) is 0.952. The van der Waals surface area contributed by atoms with E-state index in [9.17, 15) is 4.79 Å². The number of fused-ring (bicyclic) bond motifs is 5. The summed E-state index contributed by atoms with van der Waals surface area (Å²) in [5, 5.41) is -0.558. The lowest BCUT2D eigenvalue weighted by Gasteiger charge is -2.76. The molecule has 0 amide bonds. The van der Waals surface area contributed by atoms with E-state index in [4.69, 9.17) is 53.6 Å². The molecule has 0 aromatic heterocycles. The van der Waals surface area contributed by atoms with Crippen molar-refractivity contribution in [2.75, 3.05) is 5.33 Å². The molecule has 0 aromatic carbocycles. The molecule has 4 saturated carbocycles. The quantitative estimate of drug-likeness (QED) is 0.264. The highest BCUT2D eigenvalue weighted by atomic mass is 79.9. The van der Waals surface area contributed by atoms with Crippen LogP contribution in [0.5, 0.6) is 0 Å². The van der Waals surface area contributed by atoms with Crippen LogP contribution >= 0.6 is 53.8 Å². The van der Waals surface area contributed by atoms with Gasteiger partial charge in [0, 0.05) is 20.2 Å². The lowest BCUT2D eigenvalue weighted by atomic mass is 9.28. The van der Waals surface area contributed by atoms with Crippen molar-refractivity contribution in [2.45, 2.75) is 96.5 Å². The first-order valence-corrected chi connectivity index (χ1v) is 13.1. The molecule has 4 aliphatic carbocycles. The standard InChI is InChI=1S/C21H31B2BrOS3/c1-13-3-5-18(23)17(22,11-13)8-10-21(28)19(26)6-4-14(15(25)12-24)16(19,2)7-9-20(18,21)27/h13-14,26-28H,3-12H2,1-2H3/t13?,14?,16?,17?,18?,19-,20-,21?/m0/s1. The molecule has 4 rings (SSSR count). The Bertz CT molecular complexity index is 711. The molecule has 4 fully saturated rings. The van der Waals surface area contributed by atoms with Gasteiger partial charge in [-0.15, -0.1) is 0 Å². The Morgan fingerprint density at radius 1 is 0.964 bits per heavy atom. The number of carbonyl (C=O) groups is 1. The van der Waals surface area contributed by atoms with Gasteiger partial charge in [-0.05, 0) is 43.4 Å². The third-order valence-electron chi connectivity index (χ3n) is 9.71. The van der Waals surface area contributed by atoms with Crippen molar-refractivity contribution in [2.24, 2.45) is 17.3 Å². The molecule has 0 bridgehead atoms. The third kappa shape index (κ3) is 2.37. The zero-order valence-corrected chi connectivity index (χ0v) is 21.3. The van der Waals surface area contributed by atoms with Crippen LogP contribution in [0.2, 0.25) is 10.6 Å². The summed E-state index contributed by atoms with van der Waals surface area (Å²) >= 11 is 19.6. The fourth-order valence-electron chi connectivity index (χ4n) is 7.89. The number of thiol groups is 3. The van der Waals surface area contributed by atoms with E-state index in [-0.39, 0.29) is 16.1 Å².